The highest BCUT2D eigenvalue weighted by molar-refractivity contribution is 7.50. The van der Waals surface area contributed by atoms with E-state index in [9.17, 15) is 14.8 Å². The zero-order valence-electron chi connectivity index (χ0n) is 12.0. The van der Waals surface area contributed by atoms with Crippen LogP contribution < -0.4 is 0 Å². The number of hydrogen-bond acceptors (Lipinski definition) is 3. The molecule has 4 N–H and O–H groups in total. The molecular weight excluding hydrogens is 305 g/mol. The monoisotopic (exact) mass is 323 g/mol. The van der Waals surface area contributed by atoms with Gasteiger partial charge in [0.25, 0.3) is 0 Å². The highest BCUT2D eigenvalue weighted by Gasteiger charge is 2.23. The first-order valence-corrected chi connectivity index (χ1v) is 8.34. The van der Waals surface area contributed by atoms with Crippen LogP contribution in [0.25, 0.3) is 0 Å². The Morgan fingerprint density at radius 1 is 1.18 bits per heavy atom. The van der Waals surface area contributed by atoms with Crippen molar-refractivity contribution in [1.82, 2.24) is 0 Å². The highest BCUT2D eigenvalue weighted by Crippen LogP contribution is 2.39. The SMILES string of the molecule is CC(CC1C=C(O)C=C/C1=N\P(=O)(O)O)c1ccc(O)cc1. The summed E-state index contributed by atoms with van der Waals surface area (Å²) in [6, 6.07) is 6.76. The molecule has 0 aromatic heterocycles. The van der Waals surface area contributed by atoms with Crippen LogP contribution in [-0.4, -0.2) is 25.7 Å². The third kappa shape index (κ3) is 4.56. The molecule has 0 spiro atoms. The fraction of sp³-hybridized carbons (Fsp3) is 0.267. The second kappa shape index (κ2) is 6.48. The predicted octanol–water partition coefficient (Wildman–Crippen LogP) is 3.05. The smallest absolute Gasteiger partial charge is 0.448 e. The first-order valence-electron chi connectivity index (χ1n) is 6.78. The first-order chi connectivity index (χ1) is 10.2. The lowest BCUT2D eigenvalue weighted by Crippen LogP contribution is -2.16. The van der Waals surface area contributed by atoms with Crippen molar-refractivity contribution in [3.05, 3.63) is 53.8 Å². The van der Waals surface area contributed by atoms with Crippen LogP contribution in [0.1, 0.15) is 24.8 Å². The third-order valence-corrected chi connectivity index (χ3v) is 3.98. The molecular formula is C15H18NO5P. The standard InChI is InChI=1S/C15H18NO5P/c1-10(11-2-4-13(17)5-3-11)8-12-9-14(18)6-7-15(12)16-22(19,20)21/h2-7,9-10,12,17-18H,8H2,1H3,(H2,19,20,21)/b16-15+. The number of benzene rings is 1. The molecule has 1 aromatic carbocycles. The van der Waals surface area contributed by atoms with Gasteiger partial charge in [0, 0.05) is 5.92 Å². The van der Waals surface area contributed by atoms with E-state index in [0.717, 1.165) is 5.56 Å². The van der Waals surface area contributed by atoms with Crippen LogP contribution in [0.15, 0.2) is 53.0 Å². The molecule has 1 aromatic rings. The lowest BCUT2D eigenvalue weighted by molar-refractivity contribution is 0.374. The molecule has 1 aliphatic carbocycles. The van der Waals surface area contributed by atoms with E-state index in [0.29, 0.717) is 6.42 Å². The van der Waals surface area contributed by atoms with Crippen molar-refractivity contribution in [2.45, 2.75) is 19.3 Å². The van der Waals surface area contributed by atoms with Crippen LogP contribution in [-0.2, 0) is 4.57 Å². The number of nitrogens with zero attached hydrogens (tertiary/aromatic N) is 1. The molecule has 6 nitrogen and oxygen atoms in total. The van der Waals surface area contributed by atoms with Gasteiger partial charge in [0.15, 0.2) is 0 Å². The van der Waals surface area contributed by atoms with E-state index in [1.54, 1.807) is 24.3 Å². The van der Waals surface area contributed by atoms with Gasteiger partial charge in [-0.05, 0) is 48.3 Å². The summed E-state index contributed by atoms with van der Waals surface area (Å²) in [6.45, 7) is 1.96. The van der Waals surface area contributed by atoms with Gasteiger partial charge in [-0.1, -0.05) is 19.1 Å². The molecule has 2 rings (SSSR count). The van der Waals surface area contributed by atoms with Crippen LogP contribution >= 0.6 is 7.75 Å². The Kier molecular flexibility index (Phi) is 4.86. The molecule has 22 heavy (non-hydrogen) atoms. The molecule has 2 atom stereocenters. The number of aliphatic hydroxyl groups is 1. The second-order valence-electron chi connectivity index (χ2n) is 5.30. The van der Waals surface area contributed by atoms with E-state index in [4.69, 9.17) is 9.79 Å². The van der Waals surface area contributed by atoms with Crippen LogP contribution in [0.5, 0.6) is 5.75 Å². The van der Waals surface area contributed by atoms with Gasteiger partial charge in [0.05, 0.1) is 5.71 Å². The normalized spacial score (nSPS) is 21.7. The Morgan fingerprint density at radius 2 is 1.82 bits per heavy atom. The fourth-order valence-electron chi connectivity index (χ4n) is 2.41. The van der Waals surface area contributed by atoms with E-state index >= 15 is 0 Å². The molecule has 0 saturated carbocycles. The van der Waals surface area contributed by atoms with Crippen molar-refractivity contribution in [1.29, 1.82) is 0 Å². The average molecular weight is 323 g/mol. The topological polar surface area (TPSA) is 110 Å². The Balaban J connectivity index is 2.21. The minimum Gasteiger partial charge on any atom is -0.508 e. The number of aromatic hydroxyl groups is 1. The van der Waals surface area contributed by atoms with Gasteiger partial charge < -0.3 is 20.0 Å². The zero-order valence-corrected chi connectivity index (χ0v) is 12.9. The maximum atomic E-state index is 11.1. The largest absolute Gasteiger partial charge is 0.508 e. The van der Waals surface area contributed by atoms with Gasteiger partial charge >= 0.3 is 7.75 Å². The van der Waals surface area contributed by atoms with Crippen LogP contribution in [0.4, 0.5) is 0 Å². The van der Waals surface area contributed by atoms with Gasteiger partial charge in [-0.15, -0.1) is 0 Å². The summed E-state index contributed by atoms with van der Waals surface area (Å²) in [5, 5.41) is 18.9. The van der Waals surface area contributed by atoms with Gasteiger partial charge in [-0.25, -0.2) is 4.57 Å². The Bertz CT molecular complexity index is 672. The van der Waals surface area contributed by atoms with Gasteiger partial charge in [0.2, 0.25) is 0 Å². The van der Waals surface area contributed by atoms with Gasteiger partial charge in [0.1, 0.15) is 11.5 Å². The molecule has 118 valence electrons. The summed E-state index contributed by atoms with van der Waals surface area (Å²) < 4.78 is 14.5. The number of phenolic OH excluding ortho intramolecular Hbond substituents is 1. The average Bonchev–Trinajstić information content (AvgIpc) is 2.41. The maximum Gasteiger partial charge on any atom is 0.448 e. The molecule has 1 aliphatic rings. The molecule has 7 heteroatoms. The van der Waals surface area contributed by atoms with Crippen molar-refractivity contribution in [3.8, 4) is 5.75 Å². The second-order valence-corrected chi connectivity index (χ2v) is 6.52. The number of phenols is 1. The minimum absolute atomic E-state index is 0.0487. The predicted molar refractivity (Wildman–Crippen MR) is 84.0 cm³/mol. The number of hydrogen-bond donors (Lipinski definition) is 4. The number of rotatable bonds is 4. The highest BCUT2D eigenvalue weighted by atomic mass is 31.2. The zero-order chi connectivity index (χ0) is 16.3. The summed E-state index contributed by atoms with van der Waals surface area (Å²) in [5.74, 6) is -0.102. The molecule has 0 bridgehead atoms. The minimum atomic E-state index is -4.52. The van der Waals surface area contributed by atoms with Crippen LogP contribution in [0.2, 0.25) is 0 Å². The Labute approximate surface area is 128 Å². The van der Waals surface area contributed by atoms with Crippen molar-refractivity contribution in [2.24, 2.45) is 10.7 Å². The van der Waals surface area contributed by atoms with E-state index in [1.807, 2.05) is 6.92 Å². The van der Waals surface area contributed by atoms with Crippen molar-refractivity contribution < 1.29 is 24.6 Å². The van der Waals surface area contributed by atoms with E-state index in [2.05, 4.69) is 4.76 Å². The van der Waals surface area contributed by atoms with E-state index < -0.39 is 7.75 Å². The number of aliphatic hydroxyl groups excluding tert-OH is 1. The van der Waals surface area contributed by atoms with Crippen LogP contribution in [0.3, 0.4) is 0 Å². The summed E-state index contributed by atoms with van der Waals surface area (Å²) >= 11 is 0. The first kappa shape index (κ1) is 16.5. The van der Waals surface area contributed by atoms with Gasteiger partial charge in [-0.2, -0.15) is 4.76 Å². The van der Waals surface area contributed by atoms with E-state index in [1.165, 1.54) is 18.2 Å². The molecule has 0 amide bonds. The molecule has 0 fully saturated rings. The summed E-state index contributed by atoms with van der Waals surface area (Å²) in [4.78, 5) is 18.0. The Morgan fingerprint density at radius 3 is 2.41 bits per heavy atom. The third-order valence-electron chi connectivity index (χ3n) is 3.49. The van der Waals surface area contributed by atoms with E-state index in [-0.39, 0.29) is 29.1 Å². The lowest BCUT2D eigenvalue weighted by atomic mass is 9.85. The van der Waals surface area contributed by atoms with Crippen molar-refractivity contribution in [3.63, 3.8) is 0 Å². The Hall–Kier alpha value is -1.88. The molecule has 0 aliphatic heterocycles. The summed E-state index contributed by atoms with van der Waals surface area (Å²) in [6.07, 6.45) is 4.84. The summed E-state index contributed by atoms with van der Waals surface area (Å²) in [7, 11) is -4.52. The van der Waals surface area contributed by atoms with Crippen LogP contribution in [0, 0.1) is 5.92 Å². The quantitative estimate of drug-likeness (QED) is 0.637. The van der Waals surface area contributed by atoms with Gasteiger partial charge in [-0.3, -0.25) is 0 Å². The lowest BCUT2D eigenvalue weighted by Gasteiger charge is -2.21. The molecule has 0 heterocycles. The molecule has 2 unspecified atom stereocenters. The molecule has 0 saturated heterocycles. The summed E-state index contributed by atoms with van der Waals surface area (Å²) in [5.41, 5.74) is 1.23. The maximum absolute atomic E-state index is 11.1. The molecule has 0 radical (unpaired) electrons. The van der Waals surface area contributed by atoms with Crippen molar-refractivity contribution >= 4 is 13.5 Å². The fourth-order valence-corrected chi connectivity index (χ4v) is 2.92. The number of allylic oxidation sites excluding steroid dienone is 3. The van der Waals surface area contributed by atoms with Crippen molar-refractivity contribution in [2.75, 3.05) is 0 Å².